The number of tetrazole rings is 1. The van der Waals surface area contributed by atoms with Crippen molar-refractivity contribution in [2.75, 3.05) is 63.6 Å². The minimum Gasteiger partial charge on any atom is -0.481 e. The van der Waals surface area contributed by atoms with E-state index in [-0.39, 0.29) is 40.5 Å². The number of aromatic nitrogens is 5. The molecule has 19 heteroatoms. The van der Waals surface area contributed by atoms with Crippen LogP contribution in [0.25, 0.3) is 0 Å². The van der Waals surface area contributed by atoms with E-state index in [0.717, 1.165) is 57.0 Å². The van der Waals surface area contributed by atoms with Gasteiger partial charge in [-0.2, -0.15) is 0 Å². The van der Waals surface area contributed by atoms with E-state index in [0.29, 0.717) is 11.7 Å². The van der Waals surface area contributed by atoms with Crippen molar-refractivity contribution in [3.8, 4) is 0 Å². The number of carboxylic acids is 1. The summed E-state index contributed by atoms with van der Waals surface area (Å²) < 4.78 is 1.72. The Labute approximate surface area is 289 Å². The van der Waals surface area contributed by atoms with Crippen molar-refractivity contribution in [2.24, 2.45) is 10.6 Å². The van der Waals surface area contributed by atoms with E-state index >= 15 is 0 Å². The topological polar surface area (TPSA) is 197 Å². The fourth-order valence-electron chi connectivity index (χ4n) is 5.91. The molecule has 6 rings (SSSR count). The number of oxime groups is 1. The predicted octanol–water partition coefficient (Wildman–Crippen LogP) is 0.533. The van der Waals surface area contributed by atoms with Crippen LogP contribution in [0, 0.1) is 5.41 Å². The number of aliphatic carboxylic acids is 1. The van der Waals surface area contributed by atoms with Crippen LogP contribution in [-0.2, 0) is 32.3 Å². The van der Waals surface area contributed by atoms with Gasteiger partial charge in [0.15, 0.2) is 10.8 Å². The molecule has 1 aromatic carbocycles. The fraction of sp³-hybridized carbons (Fsp3) is 0.517. The van der Waals surface area contributed by atoms with E-state index in [9.17, 15) is 19.5 Å². The fourth-order valence-corrected chi connectivity index (χ4v) is 9.22. The van der Waals surface area contributed by atoms with Gasteiger partial charge < -0.3 is 30.8 Å². The Morgan fingerprint density at radius 3 is 2.67 bits per heavy atom. The summed E-state index contributed by atoms with van der Waals surface area (Å²) in [5.74, 6) is -1.57. The minimum absolute atomic E-state index is 0.0116. The molecule has 2 aromatic heterocycles. The quantitative estimate of drug-likeness (QED) is 0.0905. The summed E-state index contributed by atoms with van der Waals surface area (Å²) in [6.45, 7) is 6.57. The Hall–Kier alpha value is -3.78. The number of rotatable bonds is 14. The third-order valence-electron chi connectivity index (χ3n) is 8.58. The average Bonchev–Trinajstić information content (AvgIpc) is 3.74. The maximum atomic E-state index is 13.1. The van der Waals surface area contributed by atoms with Gasteiger partial charge in [0, 0.05) is 69.2 Å². The van der Waals surface area contributed by atoms with Gasteiger partial charge in [-0.15, -0.1) is 28.2 Å². The molecule has 5 heterocycles. The van der Waals surface area contributed by atoms with Gasteiger partial charge in [0.2, 0.25) is 11.1 Å². The number of aryl methyl sites for hydroxylation is 1. The van der Waals surface area contributed by atoms with Gasteiger partial charge in [-0.05, 0) is 22.4 Å². The summed E-state index contributed by atoms with van der Waals surface area (Å²) in [7, 11) is 1.30. The SMILES string of the molecule is CON=C(C(=O)NC1C(=O)N2CC(CSc3nnnn3CCCN3CCN(Cc4ccccc4)CC3)(C(=O)O)CS[C@H]12)c1csc(N)n1. The maximum absolute atomic E-state index is 13.1. The van der Waals surface area contributed by atoms with E-state index < -0.39 is 28.7 Å². The number of nitrogens with two attached hydrogens (primary N) is 1. The second kappa shape index (κ2) is 15.2. The van der Waals surface area contributed by atoms with Crippen LogP contribution >= 0.6 is 34.9 Å². The number of nitrogens with one attached hydrogen (secondary N) is 1. The van der Waals surface area contributed by atoms with Crippen LogP contribution < -0.4 is 11.1 Å². The van der Waals surface area contributed by atoms with Crippen molar-refractivity contribution in [2.45, 2.75) is 36.1 Å². The number of nitrogen functional groups attached to an aromatic ring is 1. The van der Waals surface area contributed by atoms with Crippen molar-refractivity contribution in [1.29, 1.82) is 0 Å². The lowest BCUT2D eigenvalue weighted by Gasteiger charge is -2.53. The van der Waals surface area contributed by atoms with Gasteiger partial charge in [-0.25, -0.2) is 9.67 Å². The first kappa shape index (κ1) is 34.1. The highest BCUT2D eigenvalue weighted by atomic mass is 32.2. The van der Waals surface area contributed by atoms with Gasteiger partial charge in [0.05, 0.1) is 0 Å². The van der Waals surface area contributed by atoms with E-state index in [4.69, 9.17) is 10.6 Å². The van der Waals surface area contributed by atoms with Crippen LogP contribution in [0.1, 0.15) is 17.7 Å². The van der Waals surface area contributed by atoms with Crippen molar-refractivity contribution < 1.29 is 24.3 Å². The lowest BCUT2D eigenvalue weighted by atomic mass is 9.89. The van der Waals surface area contributed by atoms with Crippen LogP contribution in [0.15, 0.2) is 46.0 Å². The number of β-lactam (4-membered cyclic amide) rings is 1. The molecule has 16 nitrogen and oxygen atoms in total. The summed E-state index contributed by atoms with van der Waals surface area (Å²) in [6, 6.07) is 9.69. The molecule has 2 unspecified atom stereocenters. The number of carbonyl (C=O) groups is 3. The van der Waals surface area contributed by atoms with Gasteiger partial charge in [0.25, 0.3) is 5.91 Å². The molecule has 3 fully saturated rings. The van der Waals surface area contributed by atoms with Crippen LogP contribution in [0.3, 0.4) is 0 Å². The highest BCUT2D eigenvalue weighted by molar-refractivity contribution is 8.00. The standard InChI is InChI=1S/C29H37N11O5S3/c1-45-34-21(20-15-46-27(30)31-20)23(41)32-22-24(42)39-16-29(26(43)44,17-47-25(22)39)18-48-28-33-35-36-40(28)9-5-8-37-10-12-38(13-11-37)14-19-6-3-2-4-7-19/h2-4,6-7,15,22,25H,5,8-14,16-18H2,1H3,(H2,30,31)(H,32,41)(H,43,44)/t22?,25-,29?/m1/s1. The molecule has 4 N–H and O–H groups in total. The molecule has 0 aliphatic carbocycles. The van der Waals surface area contributed by atoms with Crippen molar-refractivity contribution >= 4 is 63.5 Å². The monoisotopic (exact) mass is 715 g/mol. The smallest absolute Gasteiger partial charge is 0.313 e. The minimum atomic E-state index is -1.21. The van der Waals surface area contributed by atoms with Gasteiger partial charge in [-0.1, -0.05) is 47.2 Å². The number of anilines is 1. The number of nitrogens with zero attached hydrogens (tertiary/aromatic N) is 9. The summed E-state index contributed by atoms with van der Waals surface area (Å²) in [5.41, 5.74) is 5.94. The van der Waals surface area contributed by atoms with Crippen molar-refractivity contribution in [3.05, 3.63) is 47.0 Å². The normalized spacial score (nSPS) is 23.4. The zero-order chi connectivity index (χ0) is 33.7. The number of hydrogen-bond donors (Lipinski definition) is 3. The number of piperazine rings is 1. The summed E-state index contributed by atoms with van der Waals surface area (Å²) >= 11 is 3.75. The van der Waals surface area contributed by atoms with Gasteiger partial charge >= 0.3 is 5.97 Å². The largest absolute Gasteiger partial charge is 0.481 e. The zero-order valence-electron chi connectivity index (χ0n) is 26.3. The zero-order valence-corrected chi connectivity index (χ0v) is 28.8. The number of thioether (sulfide) groups is 2. The van der Waals surface area contributed by atoms with E-state index in [1.54, 1.807) is 10.1 Å². The van der Waals surface area contributed by atoms with E-state index in [2.05, 4.69) is 65.0 Å². The Balaban J connectivity index is 0.976. The first-order valence-corrected chi connectivity index (χ1v) is 18.3. The molecule has 3 aromatic rings. The average molecular weight is 716 g/mol. The highest BCUT2D eigenvalue weighted by Gasteiger charge is 2.57. The molecule has 0 radical (unpaired) electrons. The number of carbonyl (C=O) groups excluding carboxylic acids is 2. The Kier molecular flexibility index (Phi) is 10.8. The first-order chi connectivity index (χ1) is 23.3. The summed E-state index contributed by atoms with van der Waals surface area (Å²) in [5, 5.41) is 30.9. The van der Waals surface area contributed by atoms with E-state index in [1.807, 2.05) is 6.07 Å². The highest BCUT2D eigenvalue weighted by Crippen LogP contribution is 2.44. The van der Waals surface area contributed by atoms with E-state index in [1.165, 1.54) is 41.1 Å². The molecular weight excluding hydrogens is 679 g/mol. The molecule has 256 valence electrons. The molecular formula is C29H37N11O5S3. The molecule has 3 saturated heterocycles. The first-order valence-electron chi connectivity index (χ1n) is 15.4. The number of hydrogen-bond acceptors (Lipinski definition) is 15. The summed E-state index contributed by atoms with van der Waals surface area (Å²) in [6.07, 6.45) is 0.862. The second-order valence-corrected chi connectivity index (χ2v) is 14.8. The Bertz CT molecular complexity index is 1630. The molecule has 3 aliphatic rings. The van der Waals surface area contributed by atoms with Gasteiger partial charge in [-0.3, -0.25) is 19.3 Å². The third kappa shape index (κ3) is 7.59. The van der Waals surface area contributed by atoms with Crippen molar-refractivity contribution in [1.82, 2.24) is 45.2 Å². The Morgan fingerprint density at radius 2 is 1.96 bits per heavy atom. The molecule has 3 atom stereocenters. The molecule has 0 bridgehead atoms. The summed E-state index contributed by atoms with van der Waals surface area (Å²) in [4.78, 5) is 54.1. The third-order valence-corrected chi connectivity index (χ3v) is 12.1. The molecule has 0 saturated carbocycles. The van der Waals surface area contributed by atoms with Gasteiger partial charge in [0.1, 0.15) is 29.6 Å². The molecule has 3 aliphatic heterocycles. The molecule has 48 heavy (non-hydrogen) atoms. The number of benzene rings is 1. The van der Waals surface area contributed by atoms with Crippen LogP contribution in [0.2, 0.25) is 0 Å². The van der Waals surface area contributed by atoms with Crippen LogP contribution in [0.5, 0.6) is 0 Å². The lowest BCUT2D eigenvalue weighted by Crippen LogP contribution is -2.74. The molecule has 2 amide bonds. The van der Waals surface area contributed by atoms with Crippen molar-refractivity contribution in [3.63, 3.8) is 0 Å². The lowest BCUT2D eigenvalue weighted by molar-refractivity contribution is -0.157. The number of amides is 2. The maximum Gasteiger partial charge on any atom is 0.313 e. The number of thiazole rings is 1. The Morgan fingerprint density at radius 1 is 1.19 bits per heavy atom. The second-order valence-electron chi connectivity index (χ2n) is 11.8. The predicted molar refractivity (Wildman–Crippen MR) is 181 cm³/mol. The van der Waals surface area contributed by atoms with Crippen LogP contribution in [0.4, 0.5) is 5.13 Å². The number of carboxylic acid groups (broad SMARTS) is 1. The number of fused-ring (bicyclic) bond motifs is 1. The van der Waals surface area contributed by atoms with Crippen LogP contribution in [-0.4, -0.2) is 138 Å². The molecule has 0 spiro atoms.